The average Bonchev–Trinajstić information content (AvgIpc) is 3.20. The highest BCUT2D eigenvalue weighted by Crippen LogP contribution is 2.47. The minimum Gasteiger partial charge on any atom is -0.340 e. The molecule has 5 rings (SSSR count). The SMILES string of the molecule is CC(=O)N1CCN(C2c3cc4c(cc3N(C)S(=O)(=O)c3cc(Cl)ccc32)N(C(C)=O)CC4)CC1. The second-order valence-electron chi connectivity index (χ2n) is 9.06. The van der Waals surface area contributed by atoms with Gasteiger partial charge in [0, 0.05) is 64.3 Å². The summed E-state index contributed by atoms with van der Waals surface area (Å²) in [6.45, 7) is 6.07. The lowest BCUT2D eigenvalue weighted by atomic mass is 9.92. The average molecular weight is 503 g/mol. The monoisotopic (exact) mass is 502 g/mol. The van der Waals surface area contributed by atoms with Gasteiger partial charge in [-0.15, -0.1) is 0 Å². The number of hydrogen-bond acceptors (Lipinski definition) is 5. The van der Waals surface area contributed by atoms with Crippen molar-refractivity contribution in [3.63, 3.8) is 0 Å². The van der Waals surface area contributed by atoms with Gasteiger partial charge in [0.1, 0.15) is 0 Å². The van der Waals surface area contributed by atoms with Crippen molar-refractivity contribution in [2.24, 2.45) is 0 Å². The molecule has 2 aromatic carbocycles. The molecule has 0 bridgehead atoms. The first-order chi connectivity index (χ1) is 16.1. The van der Waals surface area contributed by atoms with E-state index in [0.717, 1.165) is 23.2 Å². The topological polar surface area (TPSA) is 81.2 Å². The lowest BCUT2D eigenvalue weighted by Crippen LogP contribution is -2.49. The molecule has 0 N–H and O–H groups in total. The second-order valence-corrected chi connectivity index (χ2v) is 11.4. The van der Waals surface area contributed by atoms with Gasteiger partial charge in [-0.2, -0.15) is 0 Å². The Hall–Kier alpha value is -2.62. The standard InChI is InChI=1S/C24H27ClN4O4S/c1-15(30)27-8-10-28(11-9-27)24-19-5-4-18(25)13-23(19)34(32,33)26(3)22-14-21-17(12-20(22)24)6-7-29(21)16(2)31/h4-5,12-14,24H,6-11H2,1-3H3. The number of fused-ring (bicyclic) bond motifs is 3. The van der Waals surface area contributed by atoms with Crippen molar-refractivity contribution < 1.29 is 18.0 Å². The fourth-order valence-corrected chi connectivity index (χ4v) is 7.06. The highest BCUT2D eigenvalue weighted by molar-refractivity contribution is 7.92. The van der Waals surface area contributed by atoms with Crippen LogP contribution in [0.3, 0.4) is 0 Å². The van der Waals surface area contributed by atoms with Crippen molar-refractivity contribution in [2.45, 2.75) is 31.2 Å². The van der Waals surface area contributed by atoms with Gasteiger partial charge >= 0.3 is 0 Å². The molecule has 0 aliphatic carbocycles. The molecule has 2 amide bonds. The molecule has 10 heteroatoms. The molecule has 34 heavy (non-hydrogen) atoms. The quantitative estimate of drug-likeness (QED) is 0.599. The summed E-state index contributed by atoms with van der Waals surface area (Å²) >= 11 is 6.25. The summed E-state index contributed by atoms with van der Waals surface area (Å²) in [6.07, 6.45) is 0.719. The van der Waals surface area contributed by atoms with E-state index in [1.54, 1.807) is 31.0 Å². The van der Waals surface area contributed by atoms with Crippen LogP contribution in [0.1, 0.15) is 36.6 Å². The third-order valence-electron chi connectivity index (χ3n) is 7.17. The molecule has 2 aromatic rings. The van der Waals surface area contributed by atoms with Gasteiger partial charge < -0.3 is 9.80 Å². The van der Waals surface area contributed by atoms with Crippen LogP contribution in [0.25, 0.3) is 0 Å². The maximum Gasteiger partial charge on any atom is 0.264 e. The maximum absolute atomic E-state index is 13.7. The third-order valence-corrected chi connectivity index (χ3v) is 9.23. The van der Waals surface area contributed by atoms with Crippen LogP contribution in [-0.4, -0.2) is 69.8 Å². The van der Waals surface area contributed by atoms with Gasteiger partial charge in [-0.3, -0.25) is 18.8 Å². The lowest BCUT2D eigenvalue weighted by Gasteiger charge is -2.39. The van der Waals surface area contributed by atoms with Gasteiger partial charge in [-0.25, -0.2) is 8.42 Å². The summed E-state index contributed by atoms with van der Waals surface area (Å²) in [5, 5.41) is 0.354. The highest BCUT2D eigenvalue weighted by atomic mass is 35.5. The molecule has 1 unspecified atom stereocenters. The van der Waals surface area contributed by atoms with E-state index in [4.69, 9.17) is 11.6 Å². The maximum atomic E-state index is 13.7. The van der Waals surface area contributed by atoms with Gasteiger partial charge in [0.15, 0.2) is 0 Å². The molecule has 3 aliphatic rings. The molecule has 3 heterocycles. The first-order valence-electron chi connectivity index (χ1n) is 11.3. The molecule has 3 aliphatic heterocycles. The lowest BCUT2D eigenvalue weighted by molar-refractivity contribution is -0.130. The molecule has 1 atom stereocenters. The van der Waals surface area contributed by atoms with Crippen LogP contribution >= 0.6 is 11.6 Å². The molecule has 8 nitrogen and oxygen atoms in total. The fraction of sp³-hybridized carbons (Fsp3) is 0.417. The van der Waals surface area contributed by atoms with E-state index in [1.165, 1.54) is 17.3 Å². The van der Waals surface area contributed by atoms with Crippen LogP contribution < -0.4 is 9.21 Å². The van der Waals surface area contributed by atoms with Gasteiger partial charge in [-0.1, -0.05) is 17.7 Å². The molecule has 180 valence electrons. The Morgan fingerprint density at radius 3 is 2.26 bits per heavy atom. The molecular formula is C24H27ClN4O4S. The summed E-state index contributed by atoms with van der Waals surface area (Å²) in [6, 6.07) is 8.62. The van der Waals surface area contributed by atoms with Crippen LogP contribution in [0.5, 0.6) is 0 Å². The predicted octanol–water partition coefficient (Wildman–Crippen LogP) is 2.64. The van der Waals surface area contributed by atoms with Crippen LogP contribution in [0.15, 0.2) is 35.2 Å². The van der Waals surface area contributed by atoms with E-state index in [-0.39, 0.29) is 22.8 Å². The smallest absolute Gasteiger partial charge is 0.264 e. The van der Waals surface area contributed by atoms with E-state index < -0.39 is 10.0 Å². The van der Waals surface area contributed by atoms with Crippen LogP contribution in [-0.2, 0) is 26.0 Å². The number of amides is 2. The Kier molecular flexibility index (Phi) is 5.61. The number of hydrogen-bond donors (Lipinski definition) is 0. The first kappa shape index (κ1) is 23.1. The van der Waals surface area contributed by atoms with Crippen molar-refractivity contribution in [3.8, 4) is 0 Å². The van der Waals surface area contributed by atoms with Crippen LogP contribution in [0.4, 0.5) is 11.4 Å². The molecule has 1 saturated heterocycles. The third kappa shape index (κ3) is 3.57. The van der Waals surface area contributed by atoms with E-state index in [0.29, 0.717) is 49.0 Å². The Morgan fingerprint density at radius 1 is 0.912 bits per heavy atom. The number of nitrogens with zero attached hydrogens (tertiary/aromatic N) is 4. The normalized spacial score (nSPS) is 21.5. The molecule has 1 fully saturated rings. The van der Waals surface area contributed by atoms with Crippen molar-refractivity contribution in [1.29, 1.82) is 0 Å². The van der Waals surface area contributed by atoms with Crippen molar-refractivity contribution >= 4 is 44.8 Å². The minimum absolute atomic E-state index is 0.0394. The molecule has 0 spiro atoms. The zero-order valence-electron chi connectivity index (χ0n) is 19.4. The second kappa shape index (κ2) is 8.25. The van der Waals surface area contributed by atoms with E-state index in [9.17, 15) is 18.0 Å². The largest absolute Gasteiger partial charge is 0.340 e. The Balaban J connectivity index is 1.72. The summed E-state index contributed by atoms with van der Waals surface area (Å²) in [7, 11) is -2.34. The number of carbonyl (C=O) groups excluding carboxylic acids is 2. The molecular weight excluding hydrogens is 476 g/mol. The van der Waals surface area contributed by atoms with Crippen LogP contribution in [0, 0.1) is 0 Å². The summed E-state index contributed by atoms with van der Waals surface area (Å²) in [5.74, 6) is -0.0256. The number of rotatable bonds is 1. The molecule has 0 aromatic heterocycles. The summed E-state index contributed by atoms with van der Waals surface area (Å²) in [5.41, 5.74) is 3.90. The Labute approximate surface area is 204 Å². The Morgan fingerprint density at radius 2 is 1.62 bits per heavy atom. The van der Waals surface area contributed by atoms with E-state index in [2.05, 4.69) is 11.0 Å². The van der Waals surface area contributed by atoms with Crippen molar-refractivity contribution in [2.75, 3.05) is 49.0 Å². The Bertz CT molecular complexity index is 1300. The van der Waals surface area contributed by atoms with Gasteiger partial charge in [-0.05, 0) is 47.4 Å². The number of halogens is 1. The number of carbonyl (C=O) groups is 2. The zero-order valence-corrected chi connectivity index (χ0v) is 21.0. The number of anilines is 2. The van der Waals surface area contributed by atoms with Gasteiger partial charge in [0.05, 0.1) is 16.6 Å². The van der Waals surface area contributed by atoms with Crippen molar-refractivity contribution in [1.82, 2.24) is 9.80 Å². The van der Waals surface area contributed by atoms with E-state index in [1.807, 2.05) is 11.0 Å². The molecule has 0 saturated carbocycles. The number of benzene rings is 2. The van der Waals surface area contributed by atoms with Crippen molar-refractivity contribution in [3.05, 3.63) is 52.0 Å². The fourth-order valence-electron chi connectivity index (χ4n) is 5.35. The summed E-state index contributed by atoms with van der Waals surface area (Å²) in [4.78, 5) is 30.0. The summed E-state index contributed by atoms with van der Waals surface area (Å²) < 4.78 is 28.8. The minimum atomic E-state index is -3.89. The van der Waals surface area contributed by atoms with Crippen LogP contribution in [0.2, 0.25) is 5.02 Å². The predicted molar refractivity (Wildman–Crippen MR) is 131 cm³/mol. The number of sulfonamides is 1. The van der Waals surface area contributed by atoms with Gasteiger partial charge in [0.2, 0.25) is 11.8 Å². The van der Waals surface area contributed by atoms with Gasteiger partial charge in [0.25, 0.3) is 10.0 Å². The zero-order chi connectivity index (χ0) is 24.4. The highest BCUT2D eigenvalue weighted by Gasteiger charge is 2.40. The van der Waals surface area contributed by atoms with E-state index >= 15 is 0 Å². The number of piperazine rings is 1. The first-order valence-corrected chi connectivity index (χ1v) is 13.1. The molecule has 0 radical (unpaired) electrons.